The Morgan fingerprint density at radius 1 is 1.03 bits per heavy atom. The summed E-state index contributed by atoms with van der Waals surface area (Å²) >= 11 is 0. The fraction of sp³-hybridized carbons (Fsp3) is 0.286. The number of nitrogens with zero attached hydrogens (tertiary/aromatic N) is 5. The maximum Gasteiger partial charge on any atom is 0.255 e. The molecule has 0 bridgehead atoms. The van der Waals surface area contributed by atoms with Crippen LogP contribution in [0.5, 0.6) is 0 Å². The molecule has 0 aliphatic carbocycles. The zero-order valence-electron chi connectivity index (χ0n) is 16.9. The van der Waals surface area contributed by atoms with Gasteiger partial charge in [-0.2, -0.15) is 4.31 Å². The van der Waals surface area contributed by atoms with Gasteiger partial charge in [-0.25, -0.2) is 18.4 Å². The second-order valence-electron chi connectivity index (χ2n) is 7.34. The molecule has 4 rings (SSSR count). The Labute approximate surface area is 175 Å². The highest BCUT2D eigenvalue weighted by molar-refractivity contribution is 7.89. The topological polar surface area (TPSA) is 88.4 Å². The molecule has 3 heterocycles. The van der Waals surface area contributed by atoms with E-state index in [1.807, 2.05) is 19.1 Å². The number of piperazine rings is 1. The second-order valence-corrected chi connectivity index (χ2v) is 9.25. The van der Waals surface area contributed by atoms with Gasteiger partial charge in [0.25, 0.3) is 5.91 Å². The average Bonchev–Trinajstić information content (AvgIpc) is 3.30. The molecule has 1 aliphatic rings. The molecule has 1 aliphatic heterocycles. The molecule has 9 heteroatoms. The molecule has 8 nitrogen and oxygen atoms in total. The lowest BCUT2D eigenvalue weighted by Crippen LogP contribution is -2.50. The van der Waals surface area contributed by atoms with Gasteiger partial charge in [0.2, 0.25) is 10.0 Å². The fourth-order valence-electron chi connectivity index (χ4n) is 3.50. The first-order valence-electron chi connectivity index (χ1n) is 9.67. The highest BCUT2D eigenvalue weighted by Gasteiger charge is 2.31. The maximum absolute atomic E-state index is 13.1. The van der Waals surface area contributed by atoms with E-state index < -0.39 is 10.0 Å². The van der Waals surface area contributed by atoms with Gasteiger partial charge in [-0.3, -0.25) is 9.36 Å². The van der Waals surface area contributed by atoms with Gasteiger partial charge >= 0.3 is 0 Å². The average molecular weight is 426 g/mol. The van der Waals surface area contributed by atoms with Gasteiger partial charge in [-0.1, -0.05) is 12.1 Å². The van der Waals surface area contributed by atoms with E-state index in [4.69, 9.17) is 0 Å². The quantitative estimate of drug-likeness (QED) is 0.638. The van der Waals surface area contributed by atoms with Gasteiger partial charge in [0.1, 0.15) is 12.1 Å². The number of amides is 1. The van der Waals surface area contributed by atoms with Crippen molar-refractivity contribution >= 4 is 15.9 Å². The standard InChI is InChI=1S/C21H23N5O3S/c1-16-3-4-17(2)19(13-16)30(28,29)26-11-9-24(10-12-26)21(27)18-5-6-20(23-14-18)25-8-7-22-15-25/h3-8,13-15H,9-12H2,1-2H3. The Morgan fingerprint density at radius 3 is 2.43 bits per heavy atom. The van der Waals surface area contributed by atoms with Crippen LogP contribution in [0.15, 0.2) is 60.1 Å². The van der Waals surface area contributed by atoms with E-state index in [1.54, 1.807) is 53.3 Å². The zero-order chi connectivity index (χ0) is 21.3. The minimum absolute atomic E-state index is 0.150. The summed E-state index contributed by atoms with van der Waals surface area (Å²) in [7, 11) is -3.59. The smallest absolute Gasteiger partial charge is 0.255 e. The van der Waals surface area contributed by atoms with E-state index in [-0.39, 0.29) is 19.0 Å². The Hall–Kier alpha value is -3.04. The van der Waals surface area contributed by atoms with Crippen molar-refractivity contribution in [3.8, 4) is 5.82 Å². The molecular weight excluding hydrogens is 402 g/mol. The van der Waals surface area contributed by atoms with Crippen molar-refractivity contribution in [3.05, 3.63) is 71.9 Å². The van der Waals surface area contributed by atoms with Crippen LogP contribution in [0.25, 0.3) is 5.82 Å². The van der Waals surface area contributed by atoms with Crippen molar-refractivity contribution in [3.63, 3.8) is 0 Å². The number of carbonyl (C=O) groups is 1. The second kappa shape index (κ2) is 8.00. The number of imidazole rings is 1. The summed E-state index contributed by atoms with van der Waals surface area (Å²) in [5.74, 6) is 0.525. The van der Waals surface area contributed by atoms with Crippen molar-refractivity contribution in [2.24, 2.45) is 0 Å². The molecule has 0 atom stereocenters. The van der Waals surface area contributed by atoms with Gasteiger partial charge in [-0.15, -0.1) is 0 Å². The summed E-state index contributed by atoms with van der Waals surface area (Å²) in [6.45, 7) is 4.89. The monoisotopic (exact) mass is 425 g/mol. The Kier molecular flexibility index (Phi) is 5.40. The molecule has 0 radical (unpaired) electrons. The van der Waals surface area contributed by atoms with Crippen LogP contribution in [-0.4, -0.2) is 64.2 Å². The minimum Gasteiger partial charge on any atom is -0.336 e. The number of carbonyl (C=O) groups excluding carboxylic acids is 1. The van der Waals surface area contributed by atoms with Crippen LogP contribution in [-0.2, 0) is 10.0 Å². The van der Waals surface area contributed by atoms with Crippen LogP contribution in [0, 0.1) is 13.8 Å². The van der Waals surface area contributed by atoms with Crippen LogP contribution in [0.3, 0.4) is 0 Å². The molecule has 1 fully saturated rings. The molecule has 2 aromatic heterocycles. The van der Waals surface area contributed by atoms with Crippen molar-refractivity contribution in [1.29, 1.82) is 0 Å². The summed E-state index contributed by atoms with van der Waals surface area (Å²) in [5, 5.41) is 0. The number of hydrogen-bond donors (Lipinski definition) is 0. The van der Waals surface area contributed by atoms with Gasteiger partial charge in [-0.05, 0) is 43.2 Å². The van der Waals surface area contributed by atoms with E-state index in [0.717, 1.165) is 11.1 Å². The first-order valence-corrected chi connectivity index (χ1v) is 11.1. The number of pyridine rings is 1. The predicted molar refractivity (Wildman–Crippen MR) is 112 cm³/mol. The SMILES string of the molecule is Cc1ccc(C)c(S(=O)(=O)N2CCN(C(=O)c3ccc(-n4ccnc4)nc3)CC2)c1. The normalized spacial score (nSPS) is 15.3. The molecular formula is C21H23N5O3S. The van der Waals surface area contributed by atoms with E-state index >= 15 is 0 Å². The summed E-state index contributed by atoms with van der Waals surface area (Å²) in [6, 6.07) is 8.91. The van der Waals surface area contributed by atoms with E-state index in [2.05, 4.69) is 9.97 Å². The largest absolute Gasteiger partial charge is 0.336 e. The Bertz CT molecular complexity index is 1150. The third-order valence-corrected chi connectivity index (χ3v) is 7.29. The minimum atomic E-state index is -3.59. The lowest BCUT2D eigenvalue weighted by molar-refractivity contribution is 0.0697. The number of benzene rings is 1. The fourth-order valence-corrected chi connectivity index (χ4v) is 5.23. The van der Waals surface area contributed by atoms with Crippen LogP contribution >= 0.6 is 0 Å². The van der Waals surface area contributed by atoms with E-state index in [9.17, 15) is 13.2 Å². The first kappa shape index (κ1) is 20.2. The zero-order valence-corrected chi connectivity index (χ0v) is 17.7. The molecule has 1 aromatic carbocycles. The van der Waals surface area contributed by atoms with Crippen molar-refractivity contribution in [1.82, 2.24) is 23.7 Å². The molecule has 0 saturated carbocycles. The molecule has 3 aromatic rings. The van der Waals surface area contributed by atoms with Crippen LogP contribution < -0.4 is 0 Å². The molecule has 0 N–H and O–H groups in total. The molecule has 156 valence electrons. The highest BCUT2D eigenvalue weighted by Crippen LogP contribution is 2.23. The van der Waals surface area contributed by atoms with E-state index in [0.29, 0.717) is 29.4 Å². The summed E-state index contributed by atoms with van der Waals surface area (Å²) in [6.07, 6.45) is 6.61. The summed E-state index contributed by atoms with van der Waals surface area (Å²) < 4.78 is 29.3. The van der Waals surface area contributed by atoms with Crippen molar-refractivity contribution < 1.29 is 13.2 Å². The van der Waals surface area contributed by atoms with Crippen molar-refractivity contribution in [2.75, 3.05) is 26.2 Å². The predicted octanol–water partition coefficient (Wildman–Crippen LogP) is 2.03. The van der Waals surface area contributed by atoms with Gasteiger partial charge in [0, 0.05) is 44.8 Å². The maximum atomic E-state index is 13.1. The first-order chi connectivity index (χ1) is 14.4. The van der Waals surface area contributed by atoms with Crippen LogP contribution in [0.2, 0.25) is 0 Å². The molecule has 30 heavy (non-hydrogen) atoms. The lowest BCUT2D eigenvalue weighted by Gasteiger charge is -2.34. The van der Waals surface area contributed by atoms with Crippen molar-refractivity contribution in [2.45, 2.75) is 18.7 Å². The van der Waals surface area contributed by atoms with E-state index in [1.165, 1.54) is 10.5 Å². The van der Waals surface area contributed by atoms with Crippen LogP contribution in [0.1, 0.15) is 21.5 Å². The molecule has 0 spiro atoms. The third kappa shape index (κ3) is 3.86. The summed E-state index contributed by atoms with van der Waals surface area (Å²) in [5.41, 5.74) is 2.10. The summed E-state index contributed by atoms with van der Waals surface area (Å²) in [4.78, 5) is 23.1. The van der Waals surface area contributed by atoms with Crippen LogP contribution in [0.4, 0.5) is 0 Å². The number of hydrogen-bond acceptors (Lipinski definition) is 5. The lowest BCUT2D eigenvalue weighted by atomic mass is 10.2. The number of aryl methyl sites for hydroxylation is 2. The molecule has 1 saturated heterocycles. The third-order valence-electron chi connectivity index (χ3n) is 5.25. The highest BCUT2D eigenvalue weighted by atomic mass is 32.2. The molecule has 0 unspecified atom stereocenters. The Morgan fingerprint density at radius 2 is 1.80 bits per heavy atom. The Balaban J connectivity index is 1.44. The number of sulfonamides is 1. The number of aromatic nitrogens is 3. The molecule has 1 amide bonds. The van der Waals surface area contributed by atoms with Gasteiger partial charge < -0.3 is 4.90 Å². The van der Waals surface area contributed by atoms with Gasteiger partial charge in [0.15, 0.2) is 0 Å². The van der Waals surface area contributed by atoms with Gasteiger partial charge in [0.05, 0.1) is 10.5 Å². The number of rotatable bonds is 4.